The molecule has 0 aromatic carbocycles. The van der Waals surface area contributed by atoms with Crippen molar-refractivity contribution >= 4 is 5.97 Å². The van der Waals surface area contributed by atoms with Crippen LogP contribution in [0.5, 0.6) is 0 Å². The van der Waals surface area contributed by atoms with Gasteiger partial charge in [-0.05, 0) is 11.6 Å². The van der Waals surface area contributed by atoms with Gasteiger partial charge in [-0.25, -0.2) is 0 Å². The number of rotatable bonds is 5. The van der Waals surface area contributed by atoms with E-state index in [1.807, 2.05) is 12.1 Å². The van der Waals surface area contributed by atoms with E-state index in [1.54, 1.807) is 12.4 Å². The molecular weight excluding hydrogens is 218 g/mol. The van der Waals surface area contributed by atoms with Gasteiger partial charge in [0.2, 0.25) is 0 Å². The van der Waals surface area contributed by atoms with Gasteiger partial charge in [-0.2, -0.15) is 5.26 Å². The fourth-order valence-corrected chi connectivity index (χ4v) is 1.18. The van der Waals surface area contributed by atoms with Crippen molar-refractivity contribution in [1.82, 2.24) is 10.3 Å². The predicted octanol–water partition coefficient (Wildman–Crippen LogP) is 0.794. The number of esters is 1. The molecule has 0 spiro atoms. The smallest absolute Gasteiger partial charge is 0.325 e. The molecule has 0 bridgehead atoms. The summed E-state index contributed by atoms with van der Waals surface area (Å²) in [4.78, 5) is 14.8. The number of aromatic nitrogens is 1. The van der Waals surface area contributed by atoms with Crippen molar-refractivity contribution in [2.75, 3.05) is 13.7 Å². The number of allylic oxidation sites excluding steroid dienone is 1. The number of hydrogen-bond acceptors (Lipinski definition) is 5. The lowest BCUT2D eigenvalue weighted by Crippen LogP contribution is -2.19. The molecule has 1 heterocycles. The number of nitriles is 1. The van der Waals surface area contributed by atoms with Crippen molar-refractivity contribution in [3.05, 3.63) is 41.9 Å². The molecule has 0 saturated carbocycles. The maximum atomic E-state index is 10.8. The number of carbonyl (C=O) groups is 1. The van der Waals surface area contributed by atoms with Crippen LogP contribution in [-0.2, 0) is 16.0 Å². The summed E-state index contributed by atoms with van der Waals surface area (Å²) >= 11 is 0. The maximum Gasteiger partial charge on any atom is 0.325 e. The molecule has 0 amide bonds. The van der Waals surface area contributed by atoms with Crippen molar-refractivity contribution in [3.8, 4) is 6.07 Å². The van der Waals surface area contributed by atoms with E-state index in [2.05, 4.69) is 21.1 Å². The highest BCUT2D eigenvalue weighted by Crippen LogP contribution is 2.04. The molecular formula is C12H13N3O2. The number of carbonyl (C=O) groups excluding carboxylic acids is 1. The topological polar surface area (TPSA) is 75.0 Å². The Bertz CT molecular complexity index is 435. The molecule has 1 aromatic heterocycles. The number of ether oxygens (including phenoxy) is 1. The molecule has 0 aliphatic carbocycles. The molecule has 17 heavy (non-hydrogen) atoms. The van der Waals surface area contributed by atoms with Crippen molar-refractivity contribution in [2.45, 2.75) is 6.42 Å². The Kier molecular flexibility index (Phi) is 5.25. The summed E-state index contributed by atoms with van der Waals surface area (Å²) in [6, 6.07) is 5.76. The van der Waals surface area contributed by atoms with Crippen LogP contribution in [0.1, 0.15) is 5.56 Å². The molecule has 88 valence electrons. The van der Waals surface area contributed by atoms with E-state index >= 15 is 0 Å². The Morgan fingerprint density at radius 2 is 2.53 bits per heavy atom. The SMILES string of the molecule is COC(=O)CN/C=C(\C#N)Cc1cccnc1. The van der Waals surface area contributed by atoms with Gasteiger partial charge in [-0.3, -0.25) is 9.78 Å². The average Bonchev–Trinajstić information content (AvgIpc) is 2.38. The summed E-state index contributed by atoms with van der Waals surface area (Å²) in [6.07, 6.45) is 5.38. The summed E-state index contributed by atoms with van der Waals surface area (Å²) in [7, 11) is 1.31. The van der Waals surface area contributed by atoms with Gasteiger partial charge in [0, 0.05) is 30.6 Å². The lowest BCUT2D eigenvalue weighted by molar-refractivity contribution is -0.139. The average molecular weight is 231 g/mol. The zero-order valence-electron chi connectivity index (χ0n) is 9.51. The van der Waals surface area contributed by atoms with Gasteiger partial charge < -0.3 is 10.1 Å². The molecule has 0 atom stereocenters. The third kappa shape index (κ3) is 4.80. The van der Waals surface area contributed by atoms with Crippen LogP contribution in [0, 0.1) is 11.3 Å². The molecule has 5 heteroatoms. The zero-order chi connectivity index (χ0) is 12.5. The van der Waals surface area contributed by atoms with Crippen LogP contribution in [-0.4, -0.2) is 24.6 Å². The highest BCUT2D eigenvalue weighted by atomic mass is 16.5. The Morgan fingerprint density at radius 1 is 1.71 bits per heavy atom. The van der Waals surface area contributed by atoms with Crippen LogP contribution in [0.15, 0.2) is 36.3 Å². The zero-order valence-corrected chi connectivity index (χ0v) is 9.51. The first-order valence-electron chi connectivity index (χ1n) is 5.04. The second-order valence-corrected chi connectivity index (χ2v) is 3.28. The highest BCUT2D eigenvalue weighted by molar-refractivity contribution is 5.71. The lowest BCUT2D eigenvalue weighted by Gasteiger charge is -2.01. The summed E-state index contributed by atoms with van der Waals surface area (Å²) < 4.78 is 4.46. The number of methoxy groups -OCH3 is 1. The third-order valence-corrected chi connectivity index (χ3v) is 2.01. The van der Waals surface area contributed by atoms with Crippen LogP contribution >= 0.6 is 0 Å². The Morgan fingerprint density at radius 3 is 3.12 bits per heavy atom. The van der Waals surface area contributed by atoms with Crippen molar-refractivity contribution in [1.29, 1.82) is 5.26 Å². The van der Waals surface area contributed by atoms with Gasteiger partial charge in [0.15, 0.2) is 0 Å². The molecule has 1 rings (SSSR count). The minimum atomic E-state index is -0.375. The van der Waals surface area contributed by atoms with Crippen molar-refractivity contribution < 1.29 is 9.53 Å². The number of pyridine rings is 1. The Hall–Kier alpha value is -2.35. The van der Waals surface area contributed by atoms with Gasteiger partial charge in [0.25, 0.3) is 0 Å². The molecule has 0 aliphatic heterocycles. The number of hydrogen-bond donors (Lipinski definition) is 1. The maximum absolute atomic E-state index is 10.8. The Labute approximate surface area is 99.7 Å². The second kappa shape index (κ2) is 7.01. The fourth-order valence-electron chi connectivity index (χ4n) is 1.18. The van der Waals surface area contributed by atoms with Gasteiger partial charge in [-0.1, -0.05) is 6.07 Å². The van der Waals surface area contributed by atoms with Crippen molar-refractivity contribution in [3.63, 3.8) is 0 Å². The van der Waals surface area contributed by atoms with E-state index in [9.17, 15) is 4.79 Å². The summed E-state index contributed by atoms with van der Waals surface area (Å²) in [5, 5.41) is 11.6. The largest absolute Gasteiger partial charge is 0.468 e. The molecule has 0 unspecified atom stereocenters. The van der Waals surface area contributed by atoms with E-state index < -0.39 is 0 Å². The Balaban J connectivity index is 2.52. The van der Waals surface area contributed by atoms with Crippen LogP contribution in [0.4, 0.5) is 0 Å². The lowest BCUT2D eigenvalue weighted by atomic mass is 10.1. The fraction of sp³-hybridized carbons (Fsp3) is 0.250. The van der Waals surface area contributed by atoms with Gasteiger partial charge in [0.05, 0.1) is 13.2 Å². The normalized spacial score (nSPS) is 10.5. The highest BCUT2D eigenvalue weighted by Gasteiger charge is 2.00. The van der Waals surface area contributed by atoms with Crippen LogP contribution in [0.25, 0.3) is 0 Å². The van der Waals surface area contributed by atoms with Crippen molar-refractivity contribution in [2.24, 2.45) is 0 Å². The summed E-state index contributed by atoms with van der Waals surface area (Å²) in [5.41, 5.74) is 1.47. The van der Waals surface area contributed by atoms with E-state index in [0.717, 1.165) is 5.56 Å². The molecule has 0 aliphatic rings. The minimum absolute atomic E-state index is 0.0503. The monoisotopic (exact) mass is 231 g/mol. The molecule has 5 nitrogen and oxygen atoms in total. The van der Waals surface area contributed by atoms with Crippen LogP contribution in [0.2, 0.25) is 0 Å². The first-order valence-corrected chi connectivity index (χ1v) is 5.04. The van der Waals surface area contributed by atoms with E-state index in [4.69, 9.17) is 5.26 Å². The van der Waals surface area contributed by atoms with E-state index in [-0.39, 0.29) is 12.5 Å². The van der Waals surface area contributed by atoms with E-state index in [0.29, 0.717) is 12.0 Å². The third-order valence-electron chi connectivity index (χ3n) is 2.01. The van der Waals surface area contributed by atoms with Gasteiger partial charge >= 0.3 is 5.97 Å². The molecule has 0 fully saturated rings. The number of nitrogens with one attached hydrogen (secondary N) is 1. The molecule has 0 radical (unpaired) electrons. The first kappa shape index (κ1) is 12.7. The minimum Gasteiger partial charge on any atom is -0.468 e. The predicted molar refractivity (Wildman–Crippen MR) is 61.7 cm³/mol. The molecule has 0 saturated heterocycles. The quantitative estimate of drug-likeness (QED) is 0.599. The summed E-state index contributed by atoms with van der Waals surface area (Å²) in [5.74, 6) is -0.375. The van der Waals surface area contributed by atoms with E-state index in [1.165, 1.54) is 13.3 Å². The number of nitrogens with zero attached hydrogens (tertiary/aromatic N) is 2. The first-order chi connectivity index (χ1) is 8.26. The van der Waals surface area contributed by atoms with Gasteiger partial charge in [-0.15, -0.1) is 0 Å². The molecule has 1 aromatic rings. The second-order valence-electron chi connectivity index (χ2n) is 3.28. The molecule has 1 N–H and O–H groups in total. The standard InChI is InChI=1S/C12H13N3O2/c1-17-12(16)9-15-8-11(6-13)5-10-3-2-4-14-7-10/h2-4,7-8,15H,5,9H2,1H3/b11-8-. The van der Waals surface area contributed by atoms with Crippen LogP contribution < -0.4 is 5.32 Å². The van der Waals surface area contributed by atoms with Crippen LogP contribution in [0.3, 0.4) is 0 Å². The summed E-state index contributed by atoms with van der Waals surface area (Å²) in [6.45, 7) is 0.0503. The van der Waals surface area contributed by atoms with Gasteiger partial charge in [0.1, 0.15) is 6.54 Å².